The molecule has 11 rings (SSSR count). The fraction of sp³-hybridized carbons (Fsp3) is 0.283. The van der Waals surface area contributed by atoms with Gasteiger partial charge in [-0.05, 0) is 90.6 Å². The number of carbonyl (C=O) groups excluding carboxylic acids is 3. The summed E-state index contributed by atoms with van der Waals surface area (Å²) in [4.78, 5) is 64.3. The molecule has 3 aliphatic heterocycles. The minimum absolute atomic E-state index is 0.160. The molecule has 15 nitrogen and oxygen atoms in total. The molecule has 1 atom stereocenters. The molecule has 0 radical (unpaired) electrons. The number of nitrogens with one attached hydrogen (secondary N) is 3. The van der Waals surface area contributed by atoms with Crippen LogP contribution >= 0.6 is 0 Å². The van der Waals surface area contributed by atoms with Crippen LogP contribution in [0.1, 0.15) is 47.8 Å². The first kappa shape index (κ1) is 36.9. The third-order valence-electron chi connectivity index (χ3n) is 12.5. The zero-order chi connectivity index (χ0) is 41.4. The highest BCUT2D eigenvalue weighted by Crippen LogP contribution is 2.43. The molecule has 3 aromatic carbocycles. The van der Waals surface area contributed by atoms with Crippen LogP contribution in [-0.2, 0) is 23.2 Å². The lowest BCUT2D eigenvalue weighted by molar-refractivity contribution is -0.135. The molecule has 1 unspecified atom stereocenters. The number of hydrogen-bond acceptors (Lipinski definition) is 10. The van der Waals surface area contributed by atoms with Crippen LogP contribution < -0.4 is 26.5 Å². The van der Waals surface area contributed by atoms with Gasteiger partial charge in [0.25, 0.3) is 5.91 Å². The molecule has 4 aliphatic rings. The number of rotatable bonds is 10. The van der Waals surface area contributed by atoms with Crippen molar-refractivity contribution in [2.45, 2.75) is 44.3 Å². The summed E-state index contributed by atoms with van der Waals surface area (Å²) in [6.07, 6.45) is 6.08. The fourth-order valence-corrected chi connectivity index (χ4v) is 9.23. The van der Waals surface area contributed by atoms with Gasteiger partial charge in [-0.25, -0.2) is 14.3 Å². The van der Waals surface area contributed by atoms with Crippen LogP contribution in [0.15, 0.2) is 108 Å². The van der Waals surface area contributed by atoms with E-state index in [4.69, 9.17) is 4.98 Å². The van der Waals surface area contributed by atoms with Gasteiger partial charge in [-0.1, -0.05) is 36.4 Å². The SMILES string of the molecule is Cn1c(=O)n(C2CCC(=O)NC2=O)c2ccc(-c3ccc(N4CC5(CN(Cc6ccc(-c7cccc(Nc8ccc9ncc(C(=O)NC%10CC%10)n9n8)c7)nc6)C5)C4)cc3)cc21. The van der Waals surface area contributed by atoms with Crippen LogP contribution in [-0.4, -0.2) is 83.6 Å². The Hall–Kier alpha value is -7.13. The van der Waals surface area contributed by atoms with Gasteiger partial charge in [-0.2, -0.15) is 0 Å². The number of aromatic nitrogens is 6. The van der Waals surface area contributed by atoms with E-state index in [9.17, 15) is 19.2 Å². The van der Waals surface area contributed by atoms with E-state index < -0.39 is 11.9 Å². The van der Waals surface area contributed by atoms with Gasteiger partial charge in [0.2, 0.25) is 11.8 Å². The van der Waals surface area contributed by atoms with Crippen molar-refractivity contribution in [1.82, 2.24) is 44.2 Å². The zero-order valence-electron chi connectivity index (χ0n) is 33.5. The molecule has 1 saturated carbocycles. The van der Waals surface area contributed by atoms with E-state index in [2.05, 4.69) is 72.2 Å². The topological polar surface area (TPSA) is 164 Å². The molecule has 15 heteroatoms. The van der Waals surface area contributed by atoms with Gasteiger partial charge in [0.1, 0.15) is 6.04 Å². The van der Waals surface area contributed by atoms with Crippen molar-refractivity contribution in [2.75, 3.05) is 36.4 Å². The summed E-state index contributed by atoms with van der Waals surface area (Å²) in [5.74, 6) is -0.292. The molecule has 306 valence electrons. The smallest absolute Gasteiger partial charge is 0.329 e. The Bertz CT molecular complexity index is 2950. The van der Waals surface area contributed by atoms with E-state index in [0.29, 0.717) is 34.5 Å². The Labute approximate surface area is 350 Å². The van der Waals surface area contributed by atoms with Gasteiger partial charge in [0, 0.05) is 80.8 Å². The molecule has 4 aromatic heterocycles. The Morgan fingerprint density at radius 2 is 1.64 bits per heavy atom. The quantitative estimate of drug-likeness (QED) is 0.159. The van der Waals surface area contributed by atoms with E-state index in [-0.39, 0.29) is 30.0 Å². The van der Waals surface area contributed by atoms with E-state index >= 15 is 0 Å². The largest absolute Gasteiger partial charge is 0.370 e. The van der Waals surface area contributed by atoms with Gasteiger partial charge in [0.15, 0.2) is 17.2 Å². The van der Waals surface area contributed by atoms with Crippen LogP contribution in [0.25, 0.3) is 39.1 Å². The maximum Gasteiger partial charge on any atom is 0.329 e. The van der Waals surface area contributed by atoms with Crippen molar-refractivity contribution in [3.63, 3.8) is 0 Å². The number of amides is 3. The molecule has 3 amide bonds. The van der Waals surface area contributed by atoms with Crippen molar-refractivity contribution >= 4 is 51.6 Å². The first-order valence-corrected chi connectivity index (χ1v) is 20.8. The molecule has 1 spiro atoms. The molecular formula is C46H43N11O4. The van der Waals surface area contributed by atoms with Crippen LogP contribution in [0.4, 0.5) is 17.2 Å². The number of fused-ring (bicyclic) bond motifs is 2. The van der Waals surface area contributed by atoms with Crippen LogP contribution in [0.2, 0.25) is 0 Å². The number of aryl methyl sites for hydroxylation is 1. The Balaban J connectivity index is 0.685. The predicted molar refractivity (Wildman–Crippen MR) is 230 cm³/mol. The number of likely N-dealkylation sites (tertiary alicyclic amines) is 1. The number of anilines is 3. The predicted octanol–water partition coefficient (Wildman–Crippen LogP) is 5.05. The summed E-state index contributed by atoms with van der Waals surface area (Å²) in [7, 11) is 1.72. The van der Waals surface area contributed by atoms with Gasteiger partial charge >= 0.3 is 5.69 Å². The molecule has 61 heavy (non-hydrogen) atoms. The van der Waals surface area contributed by atoms with Gasteiger partial charge in [-0.3, -0.25) is 38.7 Å². The highest BCUT2D eigenvalue weighted by Gasteiger charge is 2.51. The molecule has 4 fully saturated rings. The average Bonchev–Trinajstić information content (AvgIpc) is 3.90. The second kappa shape index (κ2) is 14.3. The zero-order valence-corrected chi connectivity index (χ0v) is 33.5. The molecule has 1 aliphatic carbocycles. The first-order valence-electron chi connectivity index (χ1n) is 20.8. The number of imide groups is 1. The van der Waals surface area contributed by atoms with Crippen molar-refractivity contribution in [1.29, 1.82) is 0 Å². The number of nitrogens with zero attached hydrogens (tertiary/aromatic N) is 8. The Kier molecular flexibility index (Phi) is 8.63. The van der Waals surface area contributed by atoms with E-state index in [1.165, 1.54) is 15.8 Å². The number of pyridine rings is 1. The van der Waals surface area contributed by atoms with Crippen molar-refractivity contribution in [3.8, 4) is 22.4 Å². The minimum Gasteiger partial charge on any atom is -0.370 e. The first-order chi connectivity index (χ1) is 29.6. The fourth-order valence-electron chi connectivity index (χ4n) is 9.23. The number of hydrogen-bond donors (Lipinski definition) is 3. The Morgan fingerprint density at radius 1 is 0.820 bits per heavy atom. The minimum atomic E-state index is -0.704. The third kappa shape index (κ3) is 6.80. The summed E-state index contributed by atoms with van der Waals surface area (Å²) in [6.45, 7) is 5.02. The van der Waals surface area contributed by atoms with Gasteiger partial charge in [0.05, 0.1) is 22.9 Å². The highest BCUT2D eigenvalue weighted by atomic mass is 16.2. The summed E-state index contributed by atoms with van der Waals surface area (Å²) in [6, 6.07) is 30.0. The lowest BCUT2D eigenvalue weighted by Gasteiger charge is -2.61. The lowest BCUT2D eigenvalue weighted by atomic mass is 9.72. The molecular weight excluding hydrogens is 771 g/mol. The lowest BCUT2D eigenvalue weighted by Crippen LogP contribution is -2.71. The molecule has 0 bridgehead atoms. The second-order valence-electron chi connectivity index (χ2n) is 17.1. The maximum atomic E-state index is 13.2. The summed E-state index contributed by atoms with van der Waals surface area (Å²) in [5, 5.41) is 13.4. The maximum absolute atomic E-state index is 13.2. The average molecular weight is 814 g/mol. The highest BCUT2D eigenvalue weighted by molar-refractivity contribution is 6.00. The second-order valence-corrected chi connectivity index (χ2v) is 17.1. The Morgan fingerprint density at radius 3 is 2.41 bits per heavy atom. The number of imidazole rings is 2. The normalized spacial score (nSPS) is 18.6. The van der Waals surface area contributed by atoms with Gasteiger partial charge < -0.3 is 15.5 Å². The van der Waals surface area contributed by atoms with E-state index in [0.717, 1.165) is 79.2 Å². The summed E-state index contributed by atoms with van der Waals surface area (Å²) < 4.78 is 4.66. The number of benzene rings is 3. The molecule has 3 saturated heterocycles. The number of piperidine rings is 1. The van der Waals surface area contributed by atoms with Crippen molar-refractivity contribution in [3.05, 3.63) is 125 Å². The third-order valence-corrected chi connectivity index (χ3v) is 12.5. The standard InChI is InChI=1S/C46H43N11O4/c1-53-38-20-30(8-14-36(38)56(45(53)61)37-15-18-42(58)51-43(37)59)29-6-11-34(12-7-29)55-26-46(27-55)24-54(25-46)23-28-5-13-35(47-21-28)31-3-2-4-33(19-31)49-40-16-17-41-48-22-39(57(41)52-40)44(60)50-32-9-10-32/h2-8,11-14,16-17,19-22,32,37H,9-10,15,18,23-27H2,1H3,(H,49,52)(H,50,60)(H,51,58,59). The molecule has 7 aromatic rings. The number of carbonyl (C=O) groups is 3. The summed E-state index contributed by atoms with van der Waals surface area (Å²) >= 11 is 0. The van der Waals surface area contributed by atoms with E-state index in [1.807, 2.05) is 60.8 Å². The van der Waals surface area contributed by atoms with Gasteiger partial charge in [-0.15, -0.1) is 5.10 Å². The van der Waals surface area contributed by atoms with E-state index in [1.54, 1.807) is 22.3 Å². The van der Waals surface area contributed by atoms with Crippen LogP contribution in [0.5, 0.6) is 0 Å². The van der Waals surface area contributed by atoms with Crippen LogP contribution in [0.3, 0.4) is 0 Å². The summed E-state index contributed by atoms with van der Waals surface area (Å²) in [5.41, 5.74) is 9.65. The van der Waals surface area contributed by atoms with Crippen molar-refractivity contribution in [2.24, 2.45) is 12.5 Å². The molecule has 7 heterocycles. The van der Waals surface area contributed by atoms with Crippen LogP contribution in [0, 0.1) is 5.41 Å². The van der Waals surface area contributed by atoms with Crippen molar-refractivity contribution < 1.29 is 14.4 Å². The molecule has 3 N–H and O–H groups in total. The monoisotopic (exact) mass is 813 g/mol.